The molecule has 0 aromatic carbocycles. The number of hydrogen-bond acceptors (Lipinski definition) is 4. The maximum Gasteiger partial charge on any atom is 0.141 e. The summed E-state index contributed by atoms with van der Waals surface area (Å²) in [4.78, 5) is 10.5. The fraction of sp³-hybridized carbons (Fsp3) is 0.833. The van der Waals surface area contributed by atoms with Gasteiger partial charge in [-0.1, -0.05) is 0 Å². The summed E-state index contributed by atoms with van der Waals surface area (Å²) in [5, 5.41) is 3.15. The van der Waals surface area contributed by atoms with Crippen molar-refractivity contribution in [3.05, 3.63) is 0 Å². The van der Waals surface area contributed by atoms with Crippen LogP contribution >= 0.6 is 0 Å². The minimum Gasteiger partial charge on any atom is -0.317 e. The summed E-state index contributed by atoms with van der Waals surface area (Å²) >= 11 is 0. The molecule has 1 fully saturated rings. The number of carbonyl (C=O) groups excluding carboxylic acids is 1. The van der Waals surface area contributed by atoms with Crippen LogP contribution < -0.4 is 16.6 Å². The lowest BCUT2D eigenvalue weighted by Crippen LogP contribution is -2.56. The third-order valence-corrected chi connectivity index (χ3v) is 2.01. The van der Waals surface area contributed by atoms with Gasteiger partial charge in [0.2, 0.25) is 0 Å². The van der Waals surface area contributed by atoms with Gasteiger partial charge in [-0.3, -0.25) is 5.84 Å². The van der Waals surface area contributed by atoms with Crippen molar-refractivity contribution in [2.75, 3.05) is 13.1 Å². The summed E-state index contributed by atoms with van der Waals surface area (Å²) in [6, 6.07) is 0. The minimum absolute atomic E-state index is 0.453. The Hall–Kier alpha value is -0.450. The SMILES string of the molecule is NNC1(C=O)CCNCC1. The topological polar surface area (TPSA) is 67.1 Å². The van der Waals surface area contributed by atoms with Crippen molar-refractivity contribution >= 4 is 6.29 Å². The molecule has 4 nitrogen and oxygen atoms in total. The molecule has 58 valence electrons. The van der Waals surface area contributed by atoms with E-state index in [9.17, 15) is 4.79 Å². The lowest BCUT2D eigenvalue weighted by Gasteiger charge is -2.31. The highest BCUT2D eigenvalue weighted by molar-refractivity contribution is 5.64. The molecule has 0 spiro atoms. The Morgan fingerprint density at radius 1 is 1.50 bits per heavy atom. The van der Waals surface area contributed by atoms with Crippen molar-refractivity contribution in [1.82, 2.24) is 10.7 Å². The van der Waals surface area contributed by atoms with Crippen LogP contribution in [0.15, 0.2) is 0 Å². The summed E-state index contributed by atoms with van der Waals surface area (Å²) in [6.45, 7) is 1.73. The molecule has 0 bridgehead atoms. The Morgan fingerprint density at radius 2 is 2.10 bits per heavy atom. The van der Waals surface area contributed by atoms with E-state index in [1.807, 2.05) is 0 Å². The number of piperidine rings is 1. The Morgan fingerprint density at radius 3 is 2.40 bits per heavy atom. The van der Waals surface area contributed by atoms with E-state index in [-0.39, 0.29) is 0 Å². The maximum atomic E-state index is 10.5. The van der Waals surface area contributed by atoms with Gasteiger partial charge >= 0.3 is 0 Å². The summed E-state index contributed by atoms with van der Waals surface area (Å²) in [6.07, 6.45) is 2.48. The zero-order valence-electron chi connectivity index (χ0n) is 5.89. The number of carbonyl (C=O) groups is 1. The second kappa shape index (κ2) is 3.09. The molecule has 1 heterocycles. The third-order valence-electron chi connectivity index (χ3n) is 2.01. The van der Waals surface area contributed by atoms with Crippen LogP contribution in [0.5, 0.6) is 0 Å². The second-order valence-electron chi connectivity index (χ2n) is 2.67. The molecule has 10 heavy (non-hydrogen) atoms. The molecular weight excluding hydrogens is 130 g/mol. The van der Waals surface area contributed by atoms with E-state index in [4.69, 9.17) is 5.84 Å². The van der Waals surface area contributed by atoms with Gasteiger partial charge < -0.3 is 10.1 Å². The number of rotatable bonds is 2. The third kappa shape index (κ3) is 1.34. The van der Waals surface area contributed by atoms with Crippen LogP contribution in [0.4, 0.5) is 0 Å². The van der Waals surface area contributed by atoms with E-state index in [1.165, 1.54) is 0 Å². The lowest BCUT2D eigenvalue weighted by atomic mass is 9.91. The van der Waals surface area contributed by atoms with E-state index in [2.05, 4.69) is 10.7 Å². The van der Waals surface area contributed by atoms with Gasteiger partial charge in [0.15, 0.2) is 0 Å². The first-order chi connectivity index (χ1) is 4.83. The standard InChI is InChI=1S/C6H13N3O/c7-9-6(5-10)1-3-8-4-2-6/h5,8-9H,1-4,7H2. The van der Waals surface area contributed by atoms with Gasteiger partial charge in [0.1, 0.15) is 6.29 Å². The highest BCUT2D eigenvalue weighted by atomic mass is 16.1. The minimum atomic E-state index is -0.453. The predicted octanol–water partition coefficient (Wildman–Crippen LogP) is -1.23. The normalized spacial score (nSPS) is 24.1. The quantitative estimate of drug-likeness (QED) is 0.257. The van der Waals surface area contributed by atoms with Crippen molar-refractivity contribution in [3.63, 3.8) is 0 Å². The largest absolute Gasteiger partial charge is 0.317 e. The van der Waals surface area contributed by atoms with E-state index >= 15 is 0 Å². The molecule has 0 aliphatic carbocycles. The molecule has 0 aromatic rings. The predicted molar refractivity (Wildman–Crippen MR) is 38.2 cm³/mol. The van der Waals surface area contributed by atoms with Crippen molar-refractivity contribution in [1.29, 1.82) is 0 Å². The molecule has 4 N–H and O–H groups in total. The van der Waals surface area contributed by atoms with Crippen molar-refractivity contribution in [2.24, 2.45) is 5.84 Å². The molecule has 4 heteroatoms. The van der Waals surface area contributed by atoms with E-state index < -0.39 is 5.54 Å². The van der Waals surface area contributed by atoms with Crippen LogP contribution in [-0.4, -0.2) is 24.9 Å². The van der Waals surface area contributed by atoms with Gasteiger partial charge in [0.05, 0.1) is 5.54 Å². The van der Waals surface area contributed by atoms with Crippen molar-refractivity contribution in [3.8, 4) is 0 Å². The Kier molecular flexibility index (Phi) is 2.37. The molecule has 0 atom stereocenters. The van der Waals surface area contributed by atoms with Crippen LogP contribution in [0.25, 0.3) is 0 Å². The number of nitrogens with one attached hydrogen (secondary N) is 2. The molecule has 0 aromatic heterocycles. The van der Waals surface area contributed by atoms with E-state index in [0.717, 1.165) is 32.2 Å². The number of hydrogen-bond donors (Lipinski definition) is 3. The summed E-state index contributed by atoms with van der Waals surface area (Å²) in [7, 11) is 0. The molecule has 1 aliphatic heterocycles. The highest BCUT2D eigenvalue weighted by Gasteiger charge is 2.29. The van der Waals surface area contributed by atoms with Crippen molar-refractivity contribution < 1.29 is 4.79 Å². The smallest absolute Gasteiger partial charge is 0.141 e. The summed E-state index contributed by atoms with van der Waals surface area (Å²) < 4.78 is 0. The first-order valence-corrected chi connectivity index (χ1v) is 3.48. The second-order valence-corrected chi connectivity index (χ2v) is 2.67. The average molecular weight is 143 g/mol. The van der Waals surface area contributed by atoms with Crippen LogP contribution in [0.1, 0.15) is 12.8 Å². The van der Waals surface area contributed by atoms with E-state index in [0.29, 0.717) is 0 Å². The fourth-order valence-corrected chi connectivity index (χ4v) is 1.17. The van der Waals surface area contributed by atoms with Crippen LogP contribution in [-0.2, 0) is 4.79 Å². The number of aldehydes is 1. The van der Waals surface area contributed by atoms with E-state index in [1.54, 1.807) is 0 Å². The monoisotopic (exact) mass is 143 g/mol. The molecular formula is C6H13N3O. The van der Waals surface area contributed by atoms with Gasteiger partial charge in [-0.25, -0.2) is 5.43 Å². The summed E-state index contributed by atoms with van der Waals surface area (Å²) in [5.74, 6) is 5.24. The van der Waals surface area contributed by atoms with Gasteiger partial charge in [-0.15, -0.1) is 0 Å². The average Bonchev–Trinajstić information content (AvgIpc) is 2.06. The summed E-state index contributed by atoms with van der Waals surface area (Å²) in [5.41, 5.74) is 2.11. The molecule has 0 unspecified atom stereocenters. The Bertz CT molecular complexity index is 120. The van der Waals surface area contributed by atoms with Crippen molar-refractivity contribution in [2.45, 2.75) is 18.4 Å². The van der Waals surface area contributed by atoms with Gasteiger partial charge in [-0.05, 0) is 25.9 Å². The number of hydrazine groups is 1. The zero-order chi connectivity index (χ0) is 7.45. The van der Waals surface area contributed by atoms with Gasteiger partial charge in [0, 0.05) is 0 Å². The maximum absolute atomic E-state index is 10.5. The van der Waals surface area contributed by atoms with Crippen LogP contribution in [0, 0.1) is 0 Å². The molecule has 0 amide bonds. The molecule has 0 saturated carbocycles. The molecule has 1 aliphatic rings. The highest BCUT2D eigenvalue weighted by Crippen LogP contribution is 2.13. The Labute approximate surface area is 60.1 Å². The molecule has 0 radical (unpaired) electrons. The fourth-order valence-electron chi connectivity index (χ4n) is 1.17. The first-order valence-electron chi connectivity index (χ1n) is 3.48. The van der Waals surface area contributed by atoms with Crippen LogP contribution in [0.2, 0.25) is 0 Å². The Balaban J connectivity index is 2.52. The van der Waals surface area contributed by atoms with Crippen LogP contribution in [0.3, 0.4) is 0 Å². The zero-order valence-corrected chi connectivity index (χ0v) is 5.89. The first kappa shape index (κ1) is 7.65. The molecule has 1 saturated heterocycles. The molecule has 1 rings (SSSR count). The van der Waals surface area contributed by atoms with Gasteiger partial charge in [0.25, 0.3) is 0 Å². The lowest BCUT2D eigenvalue weighted by molar-refractivity contribution is -0.114. The van der Waals surface area contributed by atoms with Gasteiger partial charge in [-0.2, -0.15) is 0 Å². The number of nitrogens with two attached hydrogens (primary N) is 1.